The van der Waals surface area contributed by atoms with Gasteiger partial charge in [0.05, 0.1) is 11.4 Å². The van der Waals surface area contributed by atoms with Gasteiger partial charge in [0.1, 0.15) is 6.54 Å². The van der Waals surface area contributed by atoms with E-state index in [2.05, 4.69) is 5.32 Å². The summed E-state index contributed by atoms with van der Waals surface area (Å²) in [6, 6.07) is 18.8. The van der Waals surface area contributed by atoms with Gasteiger partial charge in [-0.1, -0.05) is 65.7 Å². The molecule has 0 bridgehead atoms. The standard InChI is InChI=1S/C29H23Cl2N3O3S/c1-17-7-5-8-18(2)27(17)32-26(35)16-34-28(36)25(38-29(34)37)13-19-14-33(24-12-4-3-9-20(19)24)15-21-22(30)10-6-11-23(21)31/h3-14H,15-16H2,1-2H3,(H,32,35)/b25-13-. The normalized spacial score (nSPS) is 14.6. The van der Waals surface area contributed by atoms with Crippen LogP contribution in [-0.4, -0.2) is 33.1 Å². The molecule has 2 heterocycles. The summed E-state index contributed by atoms with van der Waals surface area (Å²) in [5.41, 5.74) is 4.99. The molecule has 1 saturated heterocycles. The fourth-order valence-electron chi connectivity index (χ4n) is 4.49. The lowest BCUT2D eigenvalue weighted by atomic mass is 10.1. The lowest BCUT2D eigenvalue weighted by Gasteiger charge is -2.15. The van der Waals surface area contributed by atoms with Crippen LogP contribution in [0.25, 0.3) is 17.0 Å². The summed E-state index contributed by atoms with van der Waals surface area (Å²) in [6.45, 7) is 3.86. The molecule has 1 aliphatic heterocycles. The number of fused-ring (bicyclic) bond motifs is 1. The van der Waals surface area contributed by atoms with Gasteiger partial charge in [-0.05, 0) is 61.0 Å². The van der Waals surface area contributed by atoms with Gasteiger partial charge in [0.25, 0.3) is 11.1 Å². The smallest absolute Gasteiger partial charge is 0.294 e. The molecule has 4 aromatic rings. The first-order chi connectivity index (χ1) is 18.2. The number of hydrogen-bond donors (Lipinski definition) is 1. The van der Waals surface area contributed by atoms with Gasteiger partial charge in [0.15, 0.2) is 0 Å². The summed E-state index contributed by atoms with van der Waals surface area (Å²) in [5.74, 6) is -0.929. The Balaban J connectivity index is 1.40. The number of nitrogens with zero attached hydrogens (tertiary/aromatic N) is 2. The maximum atomic E-state index is 13.2. The molecule has 38 heavy (non-hydrogen) atoms. The SMILES string of the molecule is Cc1cccc(C)c1NC(=O)CN1C(=O)S/C(=C\c2cn(Cc3c(Cl)cccc3Cl)c3ccccc23)C1=O. The fourth-order valence-corrected chi connectivity index (χ4v) is 5.83. The molecule has 9 heteroatoms. The van der Waals surface area contributed by atoms with Crippen molar-refractivity contribution in [1.29, 1.82) is 0 Å². The van der Waals surface area contributed by atoms with Crippen LogP contribution in [-0.2, 0) is 16.1 Å². The molecular formula is C29H23Cl2N3O3S. The Morgan fingerprint density at radius 3 is 2.32 bits per heavy atom. The minimum Gasteiger partial charge on any atom is -0.342 e. The van der Waals surface area contributed by atoms with E-state index in [0.29, 0.717) is 22.3 Å². The second-order valence-corrected chi connectivity index (χ2v) is 10.8. The van der Waals surface area contributed by atoms with Crippen LogP contribution in [0.15, 0.2) is 71.8 Å². The molecule has 1 fully saturated rings. The van der Waals surface area contributed by atoms with Crippen LogP contribution in [0.4, 0.5) is 10.5 Å². The molecule has 0 atom stereocenters. The van der Waals surface area contributed by atoms with Gasteiger partial charge in [0.2, 0.25) is 5.91 Å². The largest absolute Gasteiger partial charge is 0.342 e. The second kappa shape index (κ2) is 10.7. The molecular weight excluding hydrogens is 541 g/mol. The van der Waals surface area contributed by atoms with Crippen molar-refractivity contribution < 1.29 is 14.4 Å². The number of hydrogen-bond acceptors (Lipinski definition) is 4. The summed E-state index contributed by atoms with van der Waals surface area (Å²) >= 11 is 13.6. The van der Waals surface area contributed by atoms with Gasteiger partial charge in [-0.15, -0.1) is 0 Å². The van der Waals surface area contributed by atoms with E-state index in [9.17, 15) is 14.4 Å². The van der Waals surface area contributed by atoms with Crippen LogP contribution >= 0.6 is 35.0 Å². The minimum atomic E-state index is -0.498. The highest BCUT2D eigenvalue weighted by molar-refractivity contribution is 8.18. The lowest BCUT2D eigenvalue weighted by molar-refractivity contribution is -0.127. The Kier molecular flexibility index (Phi) is 7.34. The van der Waals surface area contributed by atoms with Crippen molar-refractivity contribution in [3.05, 3.63) is 104 Å². The van der Waals surface area contributed by atoms with Crippen molar-refractivity contribution in [3.63, 3.8) is 0 Å². The summed E-state index contributed by atoms with van der Waals surface area (Å²) in [6.07, 6.45) is 3.60. The van der Waals surface area contributed by atoms with E-state index in [-0.39, 0.29) is 11.4 Å². The maximum absolute atomic E-state index is 13.2. The molecule has 5 rings (SSSR count). The van der Waals surface area contributed by atoms with Gasteiger partial charge < -0.3 is 9.88 Å². The van der Waals surface area contributed by atoms with Crippen LogP contribution in [0.2, 0.25) is 10.0 Å². The van der Waals surface area contributed by atoms with E-state index in [1.54, 1.807) is 24.3 Å². The van der Waals surface area contributed by atoms with Crippen molar-refractivity contribution >= 4 is 74.7 Å². The zero-order valence-electron chi connectivity index (χ0n) is 20.6. The zero-order chi connectivity index (χ0) is 27.0. The molecule has 3 amide bonds. The summed E-state index contributed by atoms with van der Waals surface area (Å²) in [5, 5.41) is 4.40. The maximum Gasteiger partial charge on any atom is 0.294 e. The van der Waals surface area contributed by atoms with Gasteiger partial charge in [0, 0.05) is 44.0 Å². The number of carbonyl (C=O) groups is 3. The number of imide groups is 1. The zero-order valence-corrected chi connectivity index (χ0v) is 23.0. The van der Waals surface area contributed by atoms with E-state index in [4.69, 9.17) is 23.2 Å². The van der Waals surface area contributed by atoms with Crippen molar-refractivity contribution in [1.82, 2.24) is 9.47 Å². The average molecular weight is 564 g/mol. The number of thioether (sulfide) groups is 1. The second-order valence-electron chi connectivity index (χ2n) is 9.01. The van der Waals surface area contributed by atoms with Crippen LogP contribution in [0.5, 0.6) is 0 Å². The molecule has 3 aromatic carbocycles. The Bertz CT molecular complexity index is 1600. The first-order valence-corrected chi connectivity index (χ1v) is 13.4. The van der Waals surface area contributed by atoms with Crippen molar-refractivity contribution in [2.45, 2.75) is 20.4 Å². The number of nitrogens with one attached hydrogen (secondary N) is 1. The first-order valence-electron chi connectivity index (χ1n) is 11.8. The summed E-state index contributed by atoms with van der Waals surface area (Å²) in [7, 11) is 0. The third-order valence-electron chi connectivity index (χ3n) is 6.42. The Hall–Kier alpha value is -3.52. The highest BCUT2D eigenvalue weighted by Crippen LogP contribution is 2.35. The molecule has 1 aliphatic rings. The van der Waals surface area contributed by atoms with Crippen LogP contribution in [0.1, 0.15) is 22.3 Å². The Labute approximate surface area is 234 Å². The molecule has 1 aromatic heterocycles. The minimum absolute atomic E-state index is 0.258. The molecule has 0 aliphatic carbocycles. The molecule has 192 valence electrons. The first kappa shape index (κ1) is 26.1. The molecule has 0 unspecified atom stereocenters. The van der Waals surface area contributed by atoms with Crippen LogP contribution < -0.4 is 5.32 Å². The number of amides is 3. The number of anilines is 1. The third kappa shape index (κ3) is 5.10. The number of carbonyl (C=O) groups excluding carboxylic acids is 3. The van der Waals surface area contributed by atoms with E-state index >= 15 is 0 Å². The number of para-hydroxylation sites is 2. The van der Waals surface area contributed by atoms with E-state index < -0.39 is 17.1 Å². The molecule has 1 N–H and O–H groups in total. The molecule has 0 saturated carbocycles. The highest BCUT2D eigenvalue weighted by atomic mass is 35.5. The van der Waals surface area contributed by atoms with E-state index in [1.807, 2.05) is 67.1 Å². The number of aryl methyl sites for hydroxylation is 2. The summed E-state index contributed by atoms with van der Waals surface area (Å²) < 4.78 is 2.01. The van der Waals surface area contributed by atoms with E-state index in [0.717, 1.165) is 49.8 Å². The third-order valence-corrected chi connectivity index (χ3v) is 8.03. The van der Waals surface area contributed by atoms with Gasteiger partial charge in [-0.2, -0.15) is 0 Å². The molecule has 6 nitrogen and oxygen atoms in total. The number of aromatic nitrogens is 1. The highest BCUT2D eigenvalue weighted by Gasteiger charge is 2.36. The average Bonchev–Trinajstić information content (AvgIpc) is 3.36. The summed E-state index contributed by atoms with van der Waals surface area (Å²) in [4.78, 5) is 39.8. The fraction of sp³-hybridized carbons (Fsp3) is 0.138. The lowest BCUT2D eigenvalue weighted by Crippen LogP contribution is -2.36. The van der Waals surface area contributed by atoms with Gasteiger partial charge in [-0.25, -0.2) is 0 Å². The van der Waals surface area contributed by atoms with Crippen LogP contribution in [0, 0.1) is 13.8 Å². The van der Waals surface area contributed by atoms with Crippen molar-refractivity contribution in [2.24, 2.45) is 0 Å². The van der Waals surface area contributed by atoms with Crippen LogP contribution in [0.3, 0.4) is 0 Å². The Morgan fingerprint density at radius 2 is 1.61 bits per heavy atom. The Morgan fingerprint density at radius 1 is 0.947 bits per heavy atom. The topological polar surface area (TPSA) is 71.4 Å². The van der Waals surface area contributed by atoms with Crippen molar-refractivity contribution in [3.8, 4) is 0 Å². The quantitative estimate of drug-likeness (QED) is 0.250. The van der Waals surface area contributed by atoms with Crippen molar-refractivity contribution in [2.75, 3.05) is 11.9 Å². The predicted octanol–water partition coefficient (Wildman–Crippen LogP) is 7.29. The monoisotopic (exact) mass is 563 g/mol. The van der Waals surface area contributed by atoms with Gasteiger partial charge in [-0.3, -0.25) is 19.3 Å². The number of benzene rings is 3. The number of rotatable bonds is 6. The predicted molar refractivity (Wildman–Crippen MR) is 155 cm³/mol. The number of halogens is 2. The van der Waals surface area contributed by atoms with Gasteiger partial charge >= 0.3 is 0 Å². The molecule has 0 radical (unpaired) electrons. The molecule has 0 spiro atoms. The van der Waals surface area contributed by atoms with E-state index in [1.165, 1.54) is 0 Å².